The summed E-state index contributed by atoms with van der Waals surface area (Å²) in [7, 11) is 0. The van der Waals surface area contributed by atoms with Crippen molar-refractivity contribution in [3.8, 4) is 17.2 Å². The van der Waals surface area contributed by atoms with Crippen molar-refractivity contribution in [3.63, 3.8) is 0 Å². The average molecular weight is 681 g/mol. The van der Waals surface area contributed by atoms with Gasteiger partial charge in [0.1, 0.15) is 29.4 Å². The number of para-hydroxylation sites is 1. The first-order valence-corrected chi connectivity index (χ1v) is 17.1. The van der Waals surface area contributed by atoms with E-state index in [4.69, 9.17) is 35.5 Å². The van der Waals surface area contributed by atoms with Crippen LogP contribution in [0.1, 0.15) is 65.1 Å². The number of hydrogen-bond acceptors (Lipinski definition) is 8. The molecule has 0 saturated carbocycles. The Bertz CT molecular complexity index is 1990. The highest BCUT2D eigenvalue weighted by Crippen LogP contribution is 2.49. The number of likely N-dealkylation sites (tertiary alicyclic amines) is 1. The Hall–Kier alpha value is -4.64. The quantitative estimate of drug-likeness (QED) is 0.164. The highest BCUT2D eigenvalue weighted by atomic mass is 35.5. The molecular weight excluding hydrogens is 644 g/mol. The first-order chi connectivity index (χ1) is 23.8. The number of carboxylic acids is 1. The zero-order valence-corrected chi connectivity index (χ0v) is 27.9. The number of carbonyl (C=O) groups is 1. The summed E-state index contributed by atoms with van der Waals surface area (Å²) in [5, 5.41) is 10.5. The van der Waals surface area contributed by atoms with Gasteiger partial charge in [-0.2, -0.15) is 0 Å². The van der Waals surface area contributed by atoms with Crippen LogP contribution in [0.5, 0.6) is 17.2 Å². The molecule has 8 rings (SSSR count). The van der Waals surface area contributed by atoms with Gasteiger partial charge in [-0.3, -0.25) is 9.88 Å². The molecule has 2 aromatic heterocycles. The maximum atomic E-state index is 12.2. The zero-order valence-electron chi connectivity index (χ0n) is 27.2. The van der Waals surface area contributed by atoms with E-state index in [-0.39, 0.29) is 11.7 Å². The molecule has 10 nitrogen and oxygen atoms in total. The molecule has 2 atom stereocenters. The van der Waals surface area contributed by atoms with Crippen LogP contribution < -0.4 is 14.2 Å². The van der Waals surface area contributed by atoms with Gasteiger partial charge in [-0.05, 0) is 74.2 Å². The molecule has 3 aliphatic rings. The van der Waals surface area contributed by atoms with Crippen LogP contribution >= 0.6 is 11.6 Å². The molecule has 0 bridgehead atoms. The van der Waals surface area contributed by atoms with Crippen molar-refractivity contribution in [2.24, 2.45) is 0 Å². The van der Waals surface area contributed by atoms with Gasteiger partial charge in [-0.1, -0.05) is 54.1 Å². The van der Waals surface area contributed by atoms with Crippen LogP contribution in [0.3, 0.4) is 0 Å². The van der Waals surface area contributed by atoms with E-state index in [0.29, 0.717) is 47.6 Å². The third kappa shape index (κ3) is 6.32. The summed E-state index contributed by atoms with van der Waals surface area (Å²) < 4.78 is 27.0. The van der Waals surface area contributed by atoms with Crippen molar-refractivity contribution in [2.75, 3.05) is 19.7 Å². The molecule has 2 fully saturated rings. The van der Waals surface area contributed by atoms with Crippen LogP contribution in [0.4, 0.5) is 0 Å². The maximum Gasteiger partial charge on any atom is 0.335 e. The van der Waals surface area contributed by atoms with E-state index in [9.17, 15) is 9.90 Å². The summed E-state index contributed by atoms with van der Waals surface area (Å²) in [4.78, 5) is 24.2. The lowest BCUT2D eigenvalue weighted by Gasteiger charge is -2.33. The summed E-state index contributed by atoms with van der Waals surface area (Å²) in [5.74, 6) is 1.10. The Morgan fingerprint density at radius 3 is 2.57 bits per heavy atom. The molecule has 3 aliphatic heterocycles. The molecule has 1 N–H and O–H groups in total. The number of pyridine rings is 1. The van der Waals surface area contributed by atoms with Crippen molar-refractivity contribution < 1.29 is 28.8 Å². The van der Waals surface area contributed by atoms with Crippen LogP contribution in [0.2, 0.25) is 5.02 Å². The van der Waals surface area contributed by atoms with Gasteiger partial charge in [-0.25, -0.2) is 9.78 Å². The van der Waals surface area contributed by atoms with Gasteiger partial charge < -0.3 is 28.6 Å². The minimum atomic E-state index is -1.03. The zero-order chi connectivity index (χ0) is 33.5. The fraction of sp³-hybridized carbons (Fsp3) is 0.342. The second-order valence-corrected chi connectivity index (χ2v) is 13.5. The Labute approximate surface area is 289 Å². The van der Waals surface area contributed by atoms with Gasteiger partial charge >= 0.3 is 5.97 Å². The first kappa shape index (κ1) is 31.6. The number of piperidine rings is 1. The largest absolute Gasteiger partial charge is 0.487 e. The van der Waals surface area contributed by atoms with Crippen LogP contribution in [-0.4, -0.2) is 56.3 Å². The van der Waals surface area contributed by atoms with Gasteiger partial charge in [0.15, 0.2) is 11.5 Å². The Morgan fingerprint density at radius 2 is 1.86 bits per heavy atom. The lowest BCUT2D eigenvalue weighted by atomic mass is 9.88. The van der Waals surface area contributed by atoms with E-state index in [1.165, 1.54) is 0 Å². The number of hydrogen-bond donors (Lipinski definition) is 1. The summed E-state index contributed by atoms with van der Waals surface area (Å²) >= 11 is 6.08. The lowest BCUT2D eigenvalue weighted by Crippen LogP contribution is -2.35. The average Bonchev–Trinajstić information content (AvgIpc) is 3.63. The van der Waals surface area contributed by atoms with Crippen molar-refractivity contribution in [1.82, 2.24) is 19.4 Å². The molecule has 5 heterocycles. The molecule has 11 heteroatoms. The first-order valence-electron chi connectivity index (χ1n) is 16.7. The summed E-state index contributed by atoms with van der Waals surface area (Å²) in [6.07, 6.45) is 4.51. The normalized spacial score (nSPS) is 20.7. The highest BCUT2D eigenvalue weighted by molar-refractivity contribution is 6.30. The molecule has 3 aromatic carbocycles. The predicted molar refractivity (Wildman–Crippen MR) is 183 cm³/mol. The number of halogens is 1. The van der Waals surface area contributed by atoms with E-state index in [0.717, 1.165) is 72.9 Å². The third-order valence-corrected chi connectivity index (χ3v) is 9.98. The SMILES string of the molecule is CC1(c2ccc(Cl)cn2)Oc2cccc(C3CCN(Cc4nc5c(OCc6ccccc6)cc(C(=O)O)cc5n4C[C@@H]4CCO4)CC3)c2O1. The number of carboxylic acid groups (broad SMARTS) is 1. The van der Waals surface area contributed by atoms with Crippen molar-refractivity contribution in [3.05, 3.63) is 112 Å². The fourth-order valence-corrected chi connectivity index (χ4v) is 7.10. The molecule has 0 aliphatic carbocycles. The number of imidazole rings is 1. The minimum Gasteiger partial charge on any atom is -0.487 e. The summed E-state index contributed by atoms with van der Waals surface area (Å²) in [6.45, 7) is 5.90. The number of ether oxygens (including phenoxy) is 4. The molecular formula is C38H37ClN4O6. The van der Waals surface area contributed by atoms with E-state index >= 15 is 0 Å². The molecule has 2 saturated heterocycles. The van der Waals surface area contributed by atoms with Gasteiger partial charge in [0, 0.05) is 25.3 Å². The number of aromatic nitrogens is 3. The van der Waals surface area contributed by atoms with Gasteiger partial charge in [0.2, 0.25) is 0 Å². The topological polar surface area (TPSA) is 108 Å². The molecule has 252 valence electrons. The molecule has 5 aromatic rings. The van der Waals surface area contributed by atoms with E-state index in [1.54, 1.807) is 24.4 Å². The summed E-state index contributed by atoms with van der Waals surface area (Å²) in [6, 6.07) is 22.9. The Kier molecular flexibility index (Phi) is 8.39. The second-order valence-electron chi connectivity index (χ2n) is 13.1. The smallest absolute Gasteiger partial charge is 0.335 e. The van der Waals surface area contributed by atoms with Gasteiger partial charge in [0.05, 0.1) is 35.3 Å². The molecule has 0 radical (unpaired) electrons. The summed E-state index contributed by atoms with van der Waals surface area (Å²) in [5.41, 5.74) is 4.38. The lowest BCUT2D eigenvalue weighted by molar-refractivity contribution is -0.0722. The fourth-order valence-electron chi connectivity index (χ4n) is 6.99. The molecule has 0 spiro atoms. The minimum absolute atomic E-state index is 0.0696. The molecule has 1 unspecified atom stereocenters. The number of nitrogens with zero attached hydrogens (tertiary/aromatic N) is 4. The van der Waals surface area contributed by atoms with Crippen molar-refractivity contribution in [1.29, 1.82) is 0 Å². The van der Waals surface area contributed by atoms with E-state index < -0.39 is 11.8 Å². The van der Waals surface area contributed by atoms with Crippen molar-refractivity contribution in [2.45, 2.75) is 63.7 Å². The number of aromatic carboxylic acids is 1. The van der Waals surface area contributed by atoms with Crippen LogP contribution in [-0.2, 0) is 30.2 Å². The van der Waals surface area contributed by atoms with E-state index in [1.807, 2.05) is 55.5 Å². The van der Waals surface area contributed by atoms with Crippen LogP contribution in [0.15, 0.2) is 79.0 Å². The maximum absolute atomic E-state index is 12.2. The molecule has 0 amide bonds. The number of fused-ring (bicyclic) bond motifs is 2. The standard InChI is InChI=1S/C38H37ClN4O6/c1-38(33-11-10-27(39)20-40-33)48-31-9-5-8-29(36(31)49-38)25-12-15-42(16-13-25)22-34-41-35-30(43(34)21-28-14-17-46-28)18-26(37(44)45)19-32(35)47-23-24-6-3-2-4-7-24/h2-11,18-20,25,28H,12-17,21-23H2,1H3,(H,44,45)/t28-,38?/m0/s1. The van der Waals surface area contributed by atoms with Gasteiger partial charge in [0.25, 0.3) is 5.79 Å². The Balaban J connectivity index is 1.02. The van der Waals surface area contributed by atoms with E-state index in [2.05, 4.69) is 20.5 Å². The number of benzene rings is 3. The number of rotatable bonds is 10. The highest BCUT2D eigenvalue weighted by Gasteiger charge is 2.42. The van der Waals surface area contributed by atoms with Crippen molar-refractivity contribution >= 4 is 28.6 Å². The Morgan fingerprint density at radius 1 is 1.04 bits per heavy atom. The molecule has 49 heavy (non-hydrogen) atoms. The van der Waals surface area contributed by atoms with Gasteiger partial charge in [-0.15, -0.1) is 0 Å². The third-order valence-electron chi connectivity index (χ3n) is 9.76. The van der Waals surface area contributed by atoms with Crippen LogP contribution in [0, 0.1) is 0 Å². The monoisotopic (exact) mass is 680 g/mol. The van der Waals surface area contributed by atoms with Crippen LogP contribution in [0.25, 0.3) is 11.0 Å². The predicted octanol–water partition coefficient (Wildman–Crippen LogP) is 7.17. The second kappa shape index (κ2) is 13.0.